The zero-order valence-electron chi connectivity index (χ0n) is 7.93. The van der Waals surface area contributed by atoms with Crippen LogP contribution in [0.2, 0.25) is 0 Å². The number of halogens is 1. The van der Waals surface area contributed by atoms with E-state index in [1.54, 1.807) is 0 Å². The molecule has 0 aliphatic rings. The molecule has 0 saturated heterocycles. The highest BCUT2D eigenvalue weighted by molar-refractivity contribution is 9.10. The Morgan fingerprint density at radius 3 is 2.79 bits per heavy atom. The van der Waals surface area contributed by atoms with Crippen LogP contribution in [0.15, 0.2) is 22.7 Å². The molecule has 0 heterocycles. The van der Waals surface area contributed by atoms with Crippen LogP contribution >= 0.6 is 15.9 Å². The van der Waals surface area contributed by atoms with Gasteiger partial charge in [-0.1, -0.05) is 27.9 Å². The van der Waals surface area contributed by atoms with Crippen molar-refractivity contribution in [1.82, 2.24) is 0 Å². The molecule has 1 rings (SSSR count). The Labute approximate surface area is 91.4 Å². The summed E-state index contributed by atoms with van der Waals surface area (Å²) in [4.78, 5) is 10.7. The molecule has 0 spiro atoms. The number of aryl methyl sites for hydroxylation is 1. The molecule has 0 saturated carbocycles. The van der Waals surface area contributed by atoms with Crippen molar-refractivity contribution in [3.8, 4) is 11.8 Å². The third-order valence-electron chi connectivity index (χ3n) is 1.67. The predicted octanol–water partition coefficient (Wildman–Crippen LogP) is 2.28. The van der Waals surface area contributed by atoms with Crippen LogP contribution in [0.3, 0.4) is 0 Å². The third-order valence-corrected chi connectivity index (χ3v) is 2.52. The second-order valence-electron chi connectivity index (χ2n) is 2.71. The zero-order valence-corrected chi connectivity index (χ0v) is 9.51. The van der Waals surface area contributed by atoms with Crippen LogP contribution in [0.4, 0.5) is 0 Å². The van der Waals surface area contributed by atoms with Gasteiger partial charge in [0, 0.05) is 16.0 Å². The minimum Gasteiger partial charge on any atom is -0.459 e. The van der Waals surface area contributed by atoms with Crippen molar-refractivity contribution in [3.05, 3.63) is 33.8 Å². The summed E-state index contributed by atoms with van der Waals surface area (Å²) >= 11 is 3.39. The van der Waals surface area contributed by atoms with Gasteiger partial charge in [0.1, 0.15) is 0 Å². The van der Waals surface area contributed by atoms with Crippen molar-refractivity contribution in [2.45, 2.75) is 6.92 Å². The van der Waals surface area contributed by atoms with Crippen molar-refractivity contribution in [1.29, 1.82) is 0 Å². The van der Waals surface area contributed by atoms with Gasteiger partial charge in [0.15, 0.2) is 0 Å². The molecule has 0 aromatic heterocycles. The number of rotatable bonds is 0. The van der Waals surface area contributed by atoms with Gasteiger partial charge in [-0.15, -0.1) is 0 Å². The fourth-order valence-corrected chi connectivity index (χ4v) is 1.22. The summed E-state index contributed by atoms with van der Waals surface area (Å²) in [6.45, 7) is 1.99. The van der Waals surface area contributed by atoms with Crippen LogP contribution in [-0.2, 0) is 9.53 Å². The topological polar surface area (TPSA) is 26.3 Å². The molecule has 72 valence electrons. The number of methoxy groups -OCH3 is 1. The molecule has 0 aliphatic heterocycles. The molecule has 0 unspecified atom stereocenters. The van der Waals surface area contributed by atoms with Gasteiger partial charge in [-0.2, -0.15) is 0 Å². The predicted molar refractivity (Wildman–Crippen MR) is 57.8 cm³/mol. The van der Waals surface area contributed by atoms with E-state index in [1.165, 1.54) is 7.11 Å². The summed E-state index contributed by atoms with van der Waals surface area (Å²) in [6, 6.07) is 5.66. The monoisotopic (exact) mass is 252 g/mol. The van der Waals surface area contributed by atoms with E-state index in [-0.39, 0.29) is 0 Å². The van der Waals surface area contributed by atoms with Crippen LogP contribution < -0.4 is 0 Å². The summed E-state index contributed by atoms with van der Waals surface area (Å²) in [5.41, 5.74) is 1.92. The highest BCUT2D eigenvalue weighted by Gasteiger charge is 1.95. The van der Waals surface area contributed by atoms with Crippen molar-refractivity contribution < 1.29 is 9.53 Å². The SMILES string of the molecule is COC(=O)C#Cc1ccc(C)c(Br)c1. The van der Waals surface area contributed by atoms with Crippen LogP contribution in [0.1, 0.15) is 11.1 Å². The fraction of sp³-hybridized carbons (Fsp3) is 0.182. The summed E-state index contributed by atoms with van der Waals surface area (Å²) < 4.78 is 5.38. The lowest BCUT2D eigenvalue weighted by Crippen LogP contribution is -1.94. The Morgan fingerprint density at radius 1 is 1.50 bits per heavy atom. The molecule has 1 aromatic carbocycles. The van der Waals surface area contributed by atoms with Crippen molar-refractivity contribution in [2.75, 3.05) is 7.11 Å². The van der Waals surface area contributed by atoms with E-state index in [0.29, 0.717) is 0 Å². The van der Waals surface area contributed by atoms with E-state index in [4.69, 9.17) is 0 Å². The van der Waals surface area contributed by atoms with Gasteiger partial charge in [0.25, 0.3) is 0 Å². The summed E-state index contributed by atoms with van der Waals surface area (Å²) in [5, 5.41) is 0. The Bertz CT molecular complexity index is 413. The number of esters is 1. The number of carbonyl (C=O) groups is 1. The van der Waals surface area contributed by atoms with Gasteiger partial charge < -0.3 is 4.74 Å². The van der Waals surface area contributed by atoms with Gasteiger partial charge >= 0.3 is 5.97 Å². The minimum absolute atomic E-state index is 0.526. The number of ether oxygens (including phenoxy) is 1. The largest absolute Gasteiger partial charge is 0.459 e. The van der Waals surface area contributed by atoms with Gasteiger partial charge in [-0.05, 0) is 24.6 Å². The first-order chi connectivity index (χ1) is 6.63. The normalized spacial score (nSPS) is 8.79. The third kappa shape index (κ3) is 2.90. The standard InChI is InChI=1S/C11H9BrO2/c1-8-3-4-9(7-10(8)12)5-6-11(13)14-2/h3-4,7H,1-2H3. The molecule has 2 nitrogen and oxygen atoms in total. The molecule has 0 fully saturated rings. The average molecular weight is 253 g/mol. The fourth-order valence-electron chi connectivity index (χ4n) is 0.845. The molecule has 0 amide bonds. The van der Waals surface area contributed by atoms with Gasteiger partial charge in [0.2, 0.25) is 0 Å². The van der Waals surface area contributed by atoms with E-state index >= 15 is 0 Å². The van der Waals surface area contributed by atoms with Crippen LogP contribution in [0, 0.1) is 18.8 Å². The molecule has 0 atom stereocenters. The summed E-state index contributed by atoms with van der Waals surface area (Å²) in [6.07, 6.45) is 0. The van der Waals surface area contributed by atoms with E-state index in [0.717, 1.165) is 15.6 Å². The van der Waals surface area contributed by atoms with Gasteiger partial charge in [0.05, 0.1) is 7.11 Å². The maximum atomic E-state index is 10.7. The highest BCUT2D eigenvalue weighted by Crippen LogP contribution is 2.16. The second-order valence-corrected chi connectivity index (χ2v) is 3.56. The number of hydrogen-bond donors (Lipinski definition) is 0. The quantitative estimate of drug-likeness (QED) is 0.523. The van der Waals surface area contributed by atoms with Gasteiger partial charge in [-0.25, -0.2) is 4.79 Å². The van der Waals surface area contributed by atoms with Crippen LogP contribution in [0.5, 0.6) is 0 Å². The highest BCUT2D eigenvalue weighted by atomic mass is 79.9. The van der Waals surface area contributed by atoms with Gasteiger partial charge in [-0.3, -0.25) is 0 Å². The van der Waals surface area contributed by atoms with E-state index in [1.807, 2.05) is 25.1 Å². The van der Waals surface area contributed by atoms with Crippen molar-refractivity contribution in [2.24, 2.45) is 0 Å². The Kier molecular flexibility index (Phi) is 3.73. The zero-order chi connectivity index (χ0) is 10.6. The molecule has 3 heteroatoms. The maximum absolute atomic E-state index is 10.7. The first kappa shape index (κ1) is 10.8. The maximum Gasteiger partial charge on any atom is 0.384 e. The number of hydrogen-bond acceptors (Lipinski definition) is 2. The minimum atomic E-state index is -0.526. The lowest BCUT2D eigenvalue weighted by atomic mass is 10.1. The molecule has 0 radical (unpaired) electrons. The number of carbonyl (C=O) groups excluding carboxylic acids is 1. The van der Waals surface area contributed by atoms with Crippen LogP contribution in [0.25, 0.3) is 0 Å². The molecule has 1 aromatic rings. The molecule has 0 aliphatic carbocycles. The van der Waals surface area contributed by atoms with E-state index in [9.17, 15) is 4.79 Å². The molecular formula is C11H9BrO2. The summed E-state index contributed by atoms with van der Waals surface area (Å²) in [7, 11) is 1.31. The van der Waals surface area contributed by atoms with Crippen LogP contribution in [-0.4, -0.2) is 13.1 Å². The Balaban J connectivity index is 2.91. The average Bonchev–Trinajstić information content (AvgIpc) is 2.19. The first-order valence-corrected chi connectivity index (χ1v) is 4.79. The van der Waals surface area contributed by atoms with Crippen molar-refractivity contribution in [3.63, 3.8) is 0 Å². The van der Waals surface area contributed by atoms with E-state index < -0.39 is 5.97 Å². The molecular weight excluding hydrogens is 244 g/mol. The number of benzene rings is 1. The molecule has 0 bridgehead atoms. The molecule has 0 N–H and O–H groups in total. The lowest BCUT2D eigenvalue weighted by Gasteiger charge is -1.96. The Morgan fingerprint density at radius 2 is 2.21 bits per heavy atom. The Hall–Kier alpha value is -1.27. The smallest absolute Gasteiger partial charge is 0.384 e. The summed E-state index contributed by atoms with van der Waals surface area (Å²) in [5.74, 6) is 4.55. The lowest BCUT2D eigenvalue weighted by molar-refractivity contribution is -0.133. The van der Waals surface area contributed by atoms with E-state index in [2.05, 4.69) is 32.5 Å². The van der Waals surface area contributed by atoms with Crippen molar-refractivity contribution >= 4 is 21.9 Å². The second kappa shape index (κ2) is 4.83. The molecule has 14 heavy (non-hydrogen) atoms. The first-order valence-electron chi connectivity index (χ1n) is 3.99.